The lowest BCUT2D eigenvalue weighted by Gasteiger charge is -2.31. The van der Waals surface area contributed by atoms with E-state index in [4.69, 9.17) is 10.5 Å². The molecule has 202 valence electrons. The number of carbonyl (C=O) groups excluding carboxylic acids is 2. The summed E-state index contributed by atoms with van der Waals surface area (Å²) in [7, 11) is 0. The van der Waals surface area contributed by atoms with E-state index in [1.54, 1.807) is 6.07 Å². The molecule has 0 fully saturated rings. The third-order valence-corrected chi connectivity index (χ3v) is 6.83. The highest BCUT2D eigenvalue weighted by atomic mass is 19.4. The lowest BCUT2D eigenvalue weighted by atomic mass is 9.81. The molecule has 0 aliphatic carbocycles. The molecule has 1 aliphatic heterocycles. The van der Waals surface area contributed by atoms with Crippen LogP contribution in [-0.2, 0) is 15.8 Å². The first-order valence-electron chi connectivity index (χ1n) is 11.6. The molecule has 5 N–H and O–H groups in total. The molecule has 1 aliphatic rings. The minimum absolute atomic E-state index is 0.0122. The van der Waals surface area contributed by atoms with E-state index in [0.29, 0.717) is 11.0 Å². The number of rotatable bonds is 6. The quantitative estimate of drug-likeness (QED) is 0.275. The van der Waals surface area contributed by atoms with Crippen molar-refractivity contribution >= 4 is 22.8 Å². The molecule has 2 atom stereocenters. The fourth-order valence-corrected chi connectivity index (χ4v) is 4.39. The van der Waals surface area contributed by atoms with Crippen LogP contribution in [0.2, 0.25) is 0 Å². The van der Waals surface area contributed by atoms with Crippen molar-refractivity contribution < 1.29 is 37.0 Å². The first-order valence-corrected chi connectivity index (χ1v) is 11.6. The van der Waals surface area contributed by atoms with E-state index in [9.17, 15) is 32.3 Å². The number of alkyl halides is 3. The van der Waals surface area contributed by atoms with E-state index in [-0.39, 0.29) is 34.7 Å². The maximum absolute atomic E-state index is 14.5. The molecule has 13 heteroatoms. The summed E-state index contributed by atoms with van der Waals surface area (Å²) in [5, 5.41) is 13.2. The zero-order valence-corrected chi connectivity index (χ0v) is 20.3. The molecule has 5 rings (SSSR count). The summed E-state index contributed by atoms with van der Waals surface area (Å²) < 4.78 is 62.7. The van der Waals surface area contributed by atoms with Crippen LogP contribution in [0.15, 0.2) is 54.9 Å². The molecule has 4 aromatic rings. The van der Waals surface area contributed by atoms with Gasteiger partial charge in [-0.05, 0) is 49.4 Å². The molecule has 0 saturated heterocycles. The number of hydrogen-bond acceptors (Lipinski definition) is 6. The van der Waals surface area contributed by atoms with E-state index < -0.39 is 47.1 Å². The molecule has 2 amide bonds. The fourth-order valence-electron chi connectivity index (χ4n) is 4.39. The van der Waals surface area contributed by atoms with Gasteiger partial charge in [-0.15, -0.1) is 0 Å². The Hall–Kier alpha value is -4.52. The second-order valence-corrected chi connectivity index (χ2v) is 9.36. The van der Waals surface area contributed by atoms with Gasteiger partial charge < -0.3 is 25.9 Å². The van der Waals surface area contributed by atoms with Gasteiger partial charge in [0.2, 0.25) is 11.5 Å². The van der Waals surface area contributed by atoms with Crippen LogP contribution in [0.5, 0.6) is 5.75 Å². The molecule has 0 saturated carbocycles. The van der Waals surface area contributed by atoms with Crippen molar-refractivity contribution in [1.82, 2.24) is 20.3 Å². The number of H-pyrrole nitrogens is 1. The highest BCUT2D eigenvalue weighted by Crippen LogP contribution is 2.47. The Morgan fingerprint density at radius 2 is 1.92 bits per heavy atom. The monoisotopic (exact) mass is 543 g/mol. The molecule has 1 aromatic carbocycles. The molecule has 0 radical (unpaired) electrons. The SMILES string of the molecule is C[C@]1(C(N)=O)COc2c1cc([C@@](O)(CNC(=O)c1ccnc3cc[nH]c13)C(F)(F)F)nc2-c1ccc(F)cc1. The Labute approximate surface area is 218 Å². The van der Waals surface area contributed by atoms with E-state index in [1.165, 1.54) is 37.5 Å². The van der Waals surface area contributed by atoms with Crippen LogP contribution in [0.3, 0.4) is 0 Å². The highest BCUT2D eigenvalue weighted by Gasteiger charge is 2.57. The predicted octanol–water partition coefficient (Wildman–Crippen LogP) is 3.08. The first-order chi connectivity index (χ1) is 18.3. The molecule has 0 spiro atoms. The van der Waals surface area contributed by atoms with Gasteiger partial charge in [0.1, 0.15) is 29.3 Å². The second kappa shape index (κ2) is 9.05. The van der Waals surface area contributed by atoms with Gasteiger partial charge in [0.15, 0.2) is 0 Å². The summed E-state index contributed by atoms with van der Waals surface area (Å²) in [4.78, 5) is 36.1. The zero-order chi connectivity index (χ0) is 28.2. The molecule has 39 heavy (non-hydrogen) atoms. The number of hydrogen-bond donors (Lipinski definition) is 4. The van der Waals surface area contributed by atoms with Gasteiger partial charge in [-0.2, -0.15) is 13.2 Å². The number of pyridine rings is 2. The number of carbonyl (C=O) groups is 2. The number of amides is 2. The predicted molar refractivity (Wildman–Crippen MR) is 130 cm³/mol. The number of nitrogens with zero attached hydrogens (tertiary/aromatic N) is 2. The van der Waals surface area contributed by atoms with E-state index >= 15 is 0 Å². The van der Waals surface area contributed by atoms with Crippen LogP contribution in [0.4, 0.5) is 17.6 Å². The molecule has 0 unspecified atom stereocenters. The van der Waals surface area contributed by atoms with Crippen molar-refractivity contribution in [3.8, 4) is 17.0 Å². The van der Waals surface area contributed by atoms with Crippen molar-refractivity contribution in [3.63, 3.8) is 0 Å². The maximum Gasteiger partial charge on any atom is 0.424 e. The smallest absolute Gasteiger partial charge is 0.424 e. The van der Waals surface area contributed by atoms with Gasteiger partial charge in [0.25, 0.3) is 5.91 Å². The number of nitrogens with one attached hydrogen (secondary N) is 2. The largest absolute Gasteiger partial charge is 0.489 e. The fraction of sp³-hybridized carbons (Fsp3) is 0.231. The van der Waals surface area contributed by atoms with E-state index in [0.717, 1.165) is 18.2 Å². The van der Waals surface area contributed by atoms with Gasteiger partial charge >= 0.3 is 6.18 Å². The van der Waals surface area contributed by atoms with Crippen LogP contribution in [0.1, 0.15) is 28.5 Å². The lowest BCUT2D eigenvalue weighted by Crippen LogP contribution is -2.51. The summed E-state index contributed by atoms with van der Waals surface area (Å²) in [5.41, 5.74) is 0.110. The van der Waals surface area contributed by atoms with E-state index in [1.807, 2.05) is 0 Å². The van der Waals surface area contributed by atoms with E-state index in [2.05, 4.69) is 20.3 Å². The number of benzene rings is 1. The summed E-state index contributed by atoms with van der Waals surface area (Å²) in [6.07, 6.45) is -2.49. The topological polar surface area (TPSA) is 143 Å². The van der Waals surface area contributed by atoms with Crippen LogP contribution in [0, 0.1) is 5.82 Å². The molecular formula is C26H21F4N5O4. The third-order valence-electron chi connectivity index (χ3n) is 6.83. The van der Waals surface area contributed by atoms with Gasteiger partial charge in [-0.3, -0.25) is 14.6 Å². The van der Waals surface area contributed by atoms with Gasteiger partial charge in [0.05, 0.1) is 28.8 Å². The number of ether oxygens (including phenoxy) is 1. The number of fused-ring (bicyclic) bond motifs is 2. The lowest BCUT2D eigenvalue weighted by molar-refractivity contribution is -0.265. The first kappa shape index (κ1) is 26.1. The number of primary amides is 1. The number of aromatic nitrogens is 3. The summed E-state index contributed by atoms with van der Waals surface area (Å²) in [6, 6.07) is 8.48. The molecular weight excluding hydrogens is 522 g/mol. The van der Waals surface area contributed by atoms with Crippen molar-refractivity contribution in [2.75, 3.05) is 13.2 Å². The molecule has 4 heterocycles. The number of aromatic amines is 1. The van der Waals surface area contributed by atoms with Crippen LogP contribution in [-0.4, -0.2) is 51.2 Å². The minimum Gasteiger partial charge on any atom is -0.489 e. The number of nitrogens with two attached hydrogens (primary N) is 1. The van der Waals surface area contributed by atoms with Crippen molar-refractivity contribution in [3.05, 3.63) is 77.5 Å². The summed E-state index contributed by atoms with van der Waals surface area (Å²) >= 11 is 0. The van der Waals surface area contributed by atoms with Crippen LogP contribution in [0.25, 0.3) is 22.3 Å². The van der Waals surface area contributed by atoms with Crippen molar-refractivity contribution in [2.24, 2.45) is 5.73 Å². The van der Waals surface area contributed by atoms with Crippen molar-refractivity contribution in [1.29, 1.82) is 0 Å². The molecule has 3 aromatic heterocycles. The van der Waals surface area contributed by atoms with Gasteiger partial charge in [-0.1, -0.05) is 0 Å². The van der Waals surface area contributed by atoms with Crippen LogP contribution < -0.4 is 15.8 Å². The number of halogens is 4. The molecule has 9 nitrogen and oxygen atoms in total. The summed E-state index contributed by atoms with van der Waals surface area (Å²) in [6.45, 7) is -0.214. The maximum atomic E-state index is 14.5. The van der Waals surface area contributed by atoms with Gasteiger partial charge in [-0.25, -0.2) is 9.37 Å². The zero-order valence-electron chi connectivity index (χ0n) is 20.3. The third kappa shape index (κ3) is 4.24. The highest BCUT2D eigenvalue weighted by molar-refractivity contribution is 6.04. The Balaban J connectivity index is 1.62. The van der Waals surface area contributed by atoms with Crippen LogP contribution >= 0.6 is 0 Å². The normalized spacial score (nSPS) is 18.3. The van der Waals surface area contributed by atoms with Gasteiger partial charge in [0, 0.05) is 23.5 Å². The average molecular weight is 543 g/mol. The minimum atomic E-state index is -5.33. The second-order valence-electron chi connectivity index (χ2n) is 9.36. The Kier molecular flexibility index (Phi) is 6.06. The number of aliphatic hydroxyl groups is 1. The van der Waals surface area contributed by atoms with Crippen molar-refractivity contribution in [2.45, 2.75) is 24.1 Å². The summed E-state index contributed by atoms with van der Waals surface area (Å²) in [5.74, 6) is -2.40. The Bertz CT molecular complexity index is 1600. The Morgan fingerprint density at radius 3 is 2.59 bits per heavy atom. The standard InChI is InChI=1S/C26H21F4N5O4/c1-24(23(31)37)12-39-21-16(24)10-18(35-19(21)13-2-4-14(27)5-3-13)25(38,26(28,29)30)11-34-22(36)15-6-8-32-17-7-9-33-20(15)17/h2-10,33,38H,11-12H2,1H3,(H2,31,37)(H,34,36)/t24-,25-/m0/s1. The average Bonchev–Trinajstić information content (AvgIpc) is 3.52. The molecule has 0 bridgehead atoms. The Morgan fingerprint density at radius 1 is 1.21 bits per heavy atom.